The first-order valence-electron chi connectivity index (χ1n) is 7.72. The van der Waals surface area contributed by atoms with Crippen molar-refractivity contribution in [1.82, 2.24) is 15.0 Å². The van der Waals surface area contributed by atoms with Crippen molar-refractivity contribution in [3.05, 3.63) is 59.9 Å². The maximum atomic E-state index is 12.3. The predicted octanol–water partition coefficient (Wildman–Crippen LogP) is 2.09. The Labute approximate surface area is 142 Å². The third-order valence-corrected chi connectivity index (χ3v) is 5.05. The average molecular weight is 347 g/mol. The lowest BCUT2D eigenvalue weighted by Crippen LogP contribution is -2.32. The number of pyridine rings is 1. The number of rotatable bonds is 7. The number of nitrogens with one attached hydrogen (secondary N) is 2. The molecule has 0 bridgehead atoms. The van der Waals surface area contributed by atoms with Gasteiger partial charge in [0.25, 0.3) is 5.91 Å². The van der Waals surface area contributed by atoms with E-state index in [2.05, 4.69) is 15.0 Å². The van der Waals surface area contributed by atoms with Gasteiger partial charge in [-0.3, -0.25) is 9.78 Å². The molecule has 0 aliphatic rings. The molecule has 1 heterocycles. The lowest BCUT2D eigenvalue weighted by Gasteiger charge is -2.12. The van der Waals surface area contributed by atoms with Crippen LogP contribution >= 0.6 is 0 Å². The van der Waals surface area contributed by atoms with Crippen molar-refractivity contribution < 1.29 is 13.2 Å². The van der Waals surface area contributed by atoms with E-state index in [4.69, 9.17) is 0 Å². The first kappa shape index (κ1) is 18.1. The van der Waals surface area contributed by atoms with Crippen LogP contribution in [0.2, 0.25) is 0 Å². The van der Waals surface area contributed by atoms with Crippen molar-refractivity contribution in [2.45, 2.75) is 37.8 Å². The fraction of sp³-hybridized carbons (Fsp3) is 0.294. The first-order chi connectivity index (χ1) is 11.4. The molecule has 0 spiro atoms. The molecule has 0 radical (unpaired) electrons. The zero-order valence-electron chi connectivity index (χ0n) is 13.7. The fourth-order valence-corrected chi connectivity index (χ4v) is 2.97. The van der Waals surface area contributed by atoms with Gasteiger partial charge in [0, 0.05) is 30.5 Å². The Kier molecular flexibility index (Phi) is 6.05. The quantitative estimate of drug-likeness (QED) is 0.803. The van der Waals surface area contributed by atoms with Crippen LogP contribution in [-0.2, 0) is 16.6 Å². The number of hydrogen-bond donors (Lipinski definition) is 2. The molecule has 24 heavy (non-hydrogen) atoms. The third-order valence-electron chi connectivity index (χ3n) is 3.63. The van der Waals surface area contributed by atoms with E-state index >= 15 is 0 Å². The Bertz CT molecular complexity index is 774. The Balaban J connectivity index is 2.04. The maximum Gasteiger partial charge on any atom is 0.251 e. The van der Waals surface area contributed by atoms with Gasteiger partial charge in [0.05, 0.1) is 4.90 Å². The van der Waals surface area contributed by atoms with Crippen LogP contribution in [0.3, 0.4) is 0 Å². The Morgan fingerprint density at radius 2 is 1.75 bits per heavy atom. The summed E-state index contributed by atoms with van der Waals surface area (Å²) in [5.41, 5.74) is 1.25. The van der Waals surface area contributed by atoms with Crippen molar-refractivity contribution >= 4 is 15.9 Å². The minimum Gasteiger partial charge on any atom is -0.350 e. The van der Waals surface area contributed by atoms with Gasteiger partial charge in [-0.05, 0) is 55.3 Å². The normalized spacial score (nSPS) is 12.6. The first-order valence-corrected chi connectivity index (χ1v) is 9.20. The van der Waals surface area contributed by atoms with Gasteiger partial charge >= 0.3 is 0 Å². The SMILES string of the molecule is CCC(C)NC(=O)c1ccc(S(=O)(=O)NCc2ccncc2)cc1. The van der Waals surface area contributed by atoms with E-state index in [9.17, 15) is 13.2 Å². The van der Waals surface area contributed by atoms with E-state index in [0.29, 0.717) is 5.56 Å². The van der Waals surface area contributed by atoms with Crippen LogP contribution < -0.4 is 10.0 Å². The molecule has 1 unspecified atom stereocenters. The van der Waals surface area contributed by atoms with Crippen LogP contribution in [0.1, 0.15) is 36.2 Å². The summed E-state index contributed by atoms with van der Waals surface area (Å²) in [4.78, 5) is 16.0. The molecule has 128 valence electrons. The zero-order chi connectivity index (χ0) is 17.6. The number of carbonyl (C=O) groups excluding carboxylic acids is 1. The molecule has 1 amide bonds. The lowest BCUT2D eigenvalue weighted by molar-refractivity contribution is 0.0939. The van der Waals surface area contributed by atoms with Crippen molar-refractivity contribution in [3.8, 4) is 0 Å². The van der Waals surface area contributed by atoms with Crippen molar-refractivity contribution in [2.24, 2.45) is 0 Å². The lowest BCUT2D eigenvalue weighted by atomic mass is 10.2. The second-order valence-corrected chi connectivity index (χ2v) is 7.25. The number of benzene rings is 1. The van der Waals surface area contributed by atoms with Gasteiger partial charge in [-0.15, -0.1) is 0 Å². The summed E-state index contributed by atoms with van der Waals surface area (Å²) in [6, 6.07) is 9.44. The standard InChI is InChI=1S/C17H21N3O3S/c1-3-13(2)20-17(21)15-4-6-16(7-5-15)24(22,23)19-12-14-8-10-18-11-9-14/h4-11,13,19H,3,12H2,1-2H3,(H,20,21). The van der Waals surface area contributed by atoms with Gasteiger partial charge < -0.3 is 5.32 Å². The van der Waals surface area contributed by atoms with E-state index in [1.807, 2.05) is 13.8 Å². The van der Waals surface area contributed by atoms with Crippen molar-refractivity contribution in [1.29, 1.82) is 0 Å². The van der Waals surface area contributed by atoms with Crippen LogP contribution in [0.25, 0.3) is 0 Å². The molecule has 0 saturated heterocycles. The number of amides is 1. The van der Waals surface area contributed by atoms with Crippen LogP contribution in [0.15, 0.2) is 53.7 Å². The van der Waals surface area contributed by atoms with E-state index in [1.165, 1.54) is 24.3 Å². The summed E-state index contributed by atoms with van der Waals surface area (Å²) < 4.78 is 27.1. The Morgan fingerprint density at radius 1 is 1.12 bits per heavy atom. The summed E-state index contributed by atoms with van der Waals surface area (Å²) in [6.07, 6.45) is 4.04. The Hall–Kier alpha value is -2.25. The van der Waals surface area contributed by atoms with Gasteiger partial charge in [0.15, 0.2) is 0 Å². The molecule has 2 N–H and O–H groups in total. The smallest absolute Gasteiger partial charge is 0.251 e. The van der Waals surface area contributed by atoms with Gasteiger partial charge in [0.2, 0.25) is 10.0 Å². The molecule has 7 heteroatoms. The summed E-state index contributed by atoms with van der Waals surface area (Å²) in [6.45, 7) is 4.08. The minimum absolute atomic E-state index is 0.0722. The van der Waals surface area contributed by atoms with E-state index < -0.39 is 10.0 Å². The maximum absolute atomic E-state index is 12.3. The molecule has 2 aromatic rings. The van der Waals surface area contributed by atoms with Crippen LogP contribution in [0.4, 0.5) is 0 Å². The molecular weight excluding hydrogens is 326 g/mol. The number of aromatic nitrogens is 1. The summed E-state index contributed by atoms with van der Waals surface area (Å²) in [7, 11) is -3.63. The summed E-state index contributed by atoms with van der Waals surface area (Å²) >= 11 is 0. The van der Waals surface area contributed by atoms with E-state index in [0.717, 1.165) is 12.0 Å². The summed E-state index contributed by atoms with van der Waals surface area (Å²) in [5, 5.41) is 2.84. The molecule has 1 atom stereocenters. The van der Waals surface area contributed by atoms with E-state index in [1.54, 1.807) is 24.5 Å². The second kappa shape index (κ2) is 8.03. The molecular formula is C17H21N3O3S. The molecule has 0 aliphatic heterocycles. The van der Waals surface area contributed by atoms with Gasteiger partial charge in [-0.25, -0.2) is 13.1 Å². The number of hydrogen-bond acceptors (Lipinski definition) is 4. The fourth-order valence-electron chi connectivity index (χ4n) is 1.96. The molecule has 6 nitrogen and oxygen atoms in total. The zero-order valence-corrected chi connectivity index (χ0v) is 14.5. The monoisotopic (exact) mass is 347 g/mol. The Morgan fingerprint density at radius 3 is 2.33 bits per heavy atom. The number of sulfonamides is 1. The number of nitrogens with zero attached hydrogens (tertiary/aromatic N) is 1. The molecule has 1 aromatic carbocycles. The van der Waals surface area contributed by atoms with Gasteiger partial charge in [0.1, 0.15) is 0 Å². The minimum atomic E-state index is -3.63. The topological polar surface area (TPSA) is 88.2 Å². The number of carbonyl (C=O) groups is 1. The second-order valence-electron chi connectivity index (χ2n) is 5.49. The highest BCUT2D eigenvalue weighted by Gasteiger charge is 2.15. The molecule has 0 aliphatic carbocycles. The molecule has 0 saturated carbocycles. The van der Waals surface area contributed by atoms with Crippen molar-refractivity contribution in [2.75, 3.05) is 0 Å². The predicted molar refractivity (Wildman–Crippen MR) is 91.9 cm³/mol. The van der Waals surface area contributed by atoms with E-state index in [-0.39, 0.29) is 23.4 Å². The third kappa shape index (κ3) is 4.87. The highest BCUT2D eigenvalue weighted by Crippen LogP contribution is 2.11. The largest absolute Gasteiger partial charge is 0.350 e. The van der Waals surface area contributed by atoms with Crippen LogP contribution in [-0.4, -0.2) is 25.4 Å². The van der Waals surface area contributed by atoms with Gasteiger partial charge in [-0.2, -0.15) is 0 Å². The molecule has 0 fully saturated rings. The van der Waals surface area contributed by atoms with Gasteiger partial charge in [-0.1, -0.05) is 6.92 Å². The summed E-state index contributed by atoms with van der Waals surface area (Å²) in [5.74, 6) is -0.210. The molecule has 1 aromatic heterocycles. The molecule has 2 rings (SSSR count). The highest BCUT2D eigenvalue weighted by molar-refractivity contribution is 7.89. The average Bonchev–Trinajstić information content (AvgIpc) is 2.61. The van der Waals surface area contributed by atoms with Crippen LogP contribution in [0, 0.1) is 0 Å². The van der Waals surface area contributed by atoms with Crippen molar-refractivity contribution in [3.63, 3.8) is 0 Å². The van der Waals surface area contributed by atoms with Crippen LogP contribution in [0.5, 0.6) is 0 Å². The highest BCUT2D eigenvalue weighted by atomic mass is 32.2.